The van der Waals surface area contributed by atoms with E-state index in [0.717, 1.165) is 0 Å². The molecule has 148 valence electrons. The molecule has 2 amide bonds. The summed E-state index contributed by atoms with van der Waals surface area (Å²) >= 11 is 0. The first-order valence-corrected chi connectivity index (χ1v) is 11.0. The average Bonchev–Trinajstić information content (AvgIpc) is 2.52. The van der Waals surface area contributed by atoms with Crippen LogP contribution in [0.3, 0.4) is 0 Å². The van der Waals surface area contributed by atoms with Gasteiger partial charge in [0, 0.05) is 19.1 Å². The molecule has 0 aliphatic carbocycles. The van der Waals surface area contributed by atoms with Crippen LogP contribution in [0.25, 0.3) is 0 Å². The summed E-state index contributed by atoms with van der Waals surface area (Å²) in [5, 5.41) is 5.41. The number of nitrogens with one attached hydrogen (secondary N) is 2. The van der Waals surface area contributed by atoms with Gasteiger partial charge in [0.2, 0.25) is 19.2 Å². The maximum Gasteiger partial charge on any atom is 0.242 e. The van der Waals surface area contributed by atoms with E-state index in [0.29, 0.717) is 19.4 Å². The number of amides is 2. The molecule has 0 aliphatic heterocycles. The molecular weight excluding hydrogens is 341 g/mol. The third-order valence-corrected chi connectivity index (χ3v) is 6.14. The number of carbonyl (C=O) groups excluding carboxylic acids is 2. The molecule has 7 nitrogen and oxygen atoms in total. The molecule has 0 spiro atoms. The molecule has 0 aliphatic rings. The van der Waals surface area contributed by atoms with E-state index in [1.807, 2.05) is 27.7 Å². The van der Waals surface area contributed by atoms with Gasteiger partial charge < -0.3 is 20.9 Å². The van der Waals surface area contributed by atoms with Gasteiger partial charge in [-0.1, -0.05) is 27.7 Å². The lowest BCUT2D eigenvalue weighted by Crippen LogP contribution is -2.49. The van der Waals surface area contributed by atoms with Crippen LogP contribution in [0.15, 0.2) is 0 Å². The summed E-state index contributed by atoms with van der Waals surface area (Å²) in [6.07, 6.45) is 1.11. The lowest BCUT2D eigenvalue weighted by molar-refractivity contribution is -0.131. The molecule has 0 fully saturated rings. The zero-order valence-corrected chi connectivity index (χ0v) is 17.4. The molecule has 0 aromatic rings. The summed E-state index contributed by atoms with van der Waals surface area (Å²) in [4.78, 5) is 24.8. The molecule has 0 heterocycles. The summed E-state index contributed by atoms with van der Waals surface area (Å²) in [5.74, 6) is -0.495. The Balaban J connectivity index is 5.26. The molecule has 0 saturated carbocycles. The van der Waals surface area contributed by atoms with Gasteiger partial charge >= 0.3 is 0 Å². The van der Waals surface area contributed by atoms with Gasteiger partial charge in [-0.2, -0.15) is 0 Å². The van der Waals surface area contributed by atoms with Gasteiger partial charge in [0.05, 0.1) is 12.9 Å². The molecule has 8 heteroatoms. The first-order chi connectivity index (χ1) is 11.6. The Morgan fingerprint density at radius 1 is 1.08 bits per heavy atom. The Labute approximate surface area is 152 Å². The molecule has 0 saturated heterocycles. The van der Waals surface area contributed by atoms with Gasteiger partial charge in [-0.3, -0.25) is 14.2 Å². The highest BCUT2D eigenvalue weighted by Crippen LogP contribution is 2.47. The van der Waals surface area contributed by atoms with Crippen LogP contribution in [0.2, 0.25) is 0 Å². The zero-order chi connectivity index (χ0) is 19.6. The smallest absolute Gasteiger partial charge is 0.242 e. The predicted octanol–water partition coefficient (Wildman–Crippen LogP) is 2.16. The molecule has 0 radical (unpaired) electrons. The highest BCUT2D eigenvalue weighted by molar-refractivity contribution is 7.58. The fourth-order valence-corrected chi connectivity index (χ4v) is 4.57. The Morgan fingerprint density at radius 2 is 1.64 bits per heavy atom. The van der Waals surface area contributed by atoms with Crippen molar-refractivity contribution in [1.29, 1.82) is 0 Å². The van der Waals surface area contributed by atoms with Crippen LogP contribution in [0.1, 0.15) is 47.5 Å². The maximum atomic E-state index is 12.8. The molecular formula is C17H36N3O4P. The first-order valence-electron chi connectivity index (χ1n) is 9.03. The summed E-state index contributed by atoms with van der Waals surface area (Å²) in [6.45, 7) is 10.0. The third kappa shape index (κ3) is 9.38. The monoisotopic (exact) mass is 377 g/mol. The first kappa shape index (κ1) is 24.1. The number of hydrogen-bond acceptors (Lipinski definition) is 5. The van der Waals surface area contributed by atoms with Crippen LogP contribution >= 0.6 is 7.37 Å². The second kappa shape index (κ2) is 11.7. The van der Waals surface area contributed by atoms with Crippen molar-refractivity contribution in [3.63, 3.8) is 0 Å². The van der Waals surface area contributed by atoms with Crippen molar-refractivity contribution in [1.82, 2.24) is 10.6 Å². The van der Waals surface area contributed by atoms with Crippen LogP contribution in [0.5, 0.6) is 0 Å². The van der Waals surface area contributed by atoms with E-state index in [2.05, 4.69) is 10.6 Å². The number of likely N-dealkylation sites (N-methyl/N-ethyl adjacent to an activating group) is 1. The number of rotatable bonds is 12. The Kier molecular flexibility index (Phi) is 11.2. The largest absolute Gasteiger partial charge is 0.357 e. The van der Waals surface area contributed by atoms with E-state index in [1.54, 1.807) is 14.0 Å². The fourth-order valence-electron chi connectivity index (χ4n) is 2.75. The molecule has 0 aromatic heterocycles. The fraction of sp³-hybridized carbons (Fsp3) is 0.882. The van der Waals surface area contributed by atoms with Crippen molar-refractivity contribution < 1.29 is 18.7 Å². The Morgan fingerprint density at radius 3 is 2.04 bits per heavy atom. The summed E-state index contributed by atoms with van der Waals surface area (Å²) in [5.41, 5.74) is 5.63. The minimum absolute atomic E-state index is 0.0897. The number of carbonyl (C=O) groups is 2. The van der Waals surface area contributed by atoms with Gasteiger partial charge in [0.1, 0.15) is 6.04 Å². The lowest BCUT2D eigenvalue weighted by Gasteiger charge is -2.26. The van der Waals surface area contributed by atoms with Crippen molar-refractivity contribution in [2.24, 2.45) is 23.5 Å². The average molecular weight is 377 g/mol. The minimum atomic E-state index is -3.05. The van der Waals surface area contributed by atoms with Gasteiger partial charge in [0.25, 0.3) is 0 Å². The van der Waals surface area contributed by atoms with Gasteiger partial charge in [-0.15, -0.1) is 0 Å². The summed E-state index contributed by atoms with van der Waals surface area (Å²) in [6, 6.07) is -0.600. The van der Waals surface area contributed by atoms with Crippen molar-refractivity contribution in [2.75, 3.05) is 26.1 Å². The van der Waals surface area contributed by atoms with E-state index >= 15 is 0 Å². The SMILES string of the molecule is CCOP(=O)(CN)C[C@@H](CC(C)C)C(=O)N[C@@H](CC(C)C)C(=O)NC. The normalized spacial score (nSPS) is 16.4. The number of hydrogen-bond donors (Lipinski definition) is 3. The highest BCUT2D eigenvalue weighted by Gasteiger charge is 2.32. The molecule has 4 N–H and O–H groups in total. The molecule has 0 rings (SSSR count). The zero-order valence-electron chi connectivity index (χ0n) is 16.5. The van der Waals surface area contributed by atoms with Crippen LogP contribution < -0.4 is 16.4 Å². The number of nitrogens with two attached hydrogens (primary N) is 1. The van der Waals surface area contributed by atoms with Crippen LogP contribution in [0.4, 0.5) is 0 Å². The molecule has 3 atom stereocenters. The van der Waals surface area contributed by atoms with E-state index < -0.39 is 19.3 Å². The van der Waals surface area contributed by atoms with Crippen molar-refractivity contribution in [2.45, 2.75) is 53.5 Å². The van der Waals surface area contributed by atoms with E-state index in [1.165, 1.54) is 0 Å². The van der Waals surface area contributed by atoms with Gasteiger partial charge in [-0.25, -0.2) is 0 Å². The maximum absolute atomic E-state index is 12.8. The van der Waals surface area contributed by atoms with E-state index in [9.17, 15) is 14.2 Å². The highest BCUT2D eigenvalue weighted by atomic mass is 31.2. The Hall–Kier alpha value is -0.910. The second-order valence-electron chi connectivity index (χ2n) is 7.23. The summed E-state index contributed by atoms with van der Waals surface area (Å²) in [7, 11) is -1.50. The topological polar surface area (TPSA) is 111 Å². The van der Waals surface area contributed by atoms with Crippen molar-refractivity contribution >= 4 is 19.2 Å². The predicted molar refractivity (Wildman–Crippen MR) is 102 cm³/mol. The van der Waals surface area contributed by atoms with Gasteiger partial charge in [0.15, 0.2) is 0 Å². The van der Waals surface area contributed by atoms with Crippen LogP contribution in [0, 0.1) is 17.8 Å². The minimum Gasteiger partial charge on any atom is -0.357 e. The lowest BCUT2D eigenvalue weighted by atomic mass is 9.96. The van der Waals surface area contributed by atoms with Crippen LogP contribution in [-0.2, 0) is 18.7 Å². The third-order valence-electron chi connectivity index (χ3n) is 3.85. The van der Waals surface area contributed by atoms with Crippen molar-refractivity contribution in [3.05, 3.63) is 0 Å². The van der Waals surface area contributed by atoms with E-state index in [-0.39, 0.29) is 36.1 Å². The van der Waals surface area contributed by atoms with Crippen LogP contribution in [-0.4, -0.2) is 44.0 Å². The quantitative estimate of drug-likeness (QED) is 0.451. The standard InChI is InChI=1S/C17H36N3O4P/c1-7-24-25(23,11-18)10-14(8-12(2)3)16(21)20-15(9-13(4)5)17(22)19-6/h12-15H,7-11,18H2,1-6H3,(H,19,22)(H,20,21)/t14-,15+,25?/m1/s1. The molecule has 1 unspecified atom stereocenters. The van der Waals surface area contributed by atoms with Crippen molar-refractivity contribution in [3.8, 4) is 0 Å². The van der Waals surface area contributed by atoms with E-state index in [4.69, 9.17) is 10.3 Å². The molecule has 0 aromatic carbocycles. The Bertz CT molecular complexity index is 469. The summed E-state index contributed by atoms with van der Waals surface area (Å²) < 4.78 is 18.1. The van der Waals surface area contributed by atoms with Gasteiger partial charge in [-0.05, 0) is 31.6 Å². The molecule has 0 bridgehead atoms. The molecule has 25 heavy (non-hydrogen) atoms. The second-order valence-corrected chi connectivity index (χ2v) is 9.85.